The molecule has 194 valence electrons. The summed E-state index contributed by atoms with van der Waals surface area (Å²) in [6.07, 6.45) is 0.295. The number of benzene rings is 1. The van der Waals surface area contributed by atoms with Crippen molar-refractivity contribution in [3.05, 3.63) is 47.0 Å². The number of aromatic nitrogens is 2. The van der Waals surface area contributed by atoms with Crippen LogP contribution in [-0.4, -0.2) is 40.8 Å². The van der Waals surface area contributed by atoms with Crippen LogP contribution in [-0.2, 0) is 29.3 Å². The quantitative estimate of drug-likeness (QED) is 0.460. The number of halogens is 6. The number of sulfonamides is 1. The van der Waals surface area contributed by atoms with Crippen LogP contribution in [0.1, 0.15) is 48.6 Å². The van der Waals surface area contributed by atoms with E-state index in [0.717, 1.165) is 25.3 Å². The predicted octanol–water partition coefficient (Wildman–Crippen LogP) is 4.64. The van der Waals surface area contributed by atoms with Gasteiger partial charge in [-0.05, 0) is 49.7 Å². The Morgan fingerprint density at radius 2 is 1.86 bits per heavy atom. The number of hydrogen-bond donors (Lipinski definition) is 1. The second-order valence-electron chi connectivity index (χ2n) is 9.66. The first-order valence-corrected chi connectivity index (χ1v) is 12.7. The largest absolute Gasteiger partial charge is 0.511 e. The molecule has 2 heterocycles. The fraction of sp³-hybridized carbons (Fsp3) is 0.522. The molecule has 3 fully saturated rings. The third-order valence-corrected chi connectivity index (χ3v) is 9.10. The predicted molar refractivity (Wildman–Crippen MR) is 118 cm³/mol. The van der Waals surface area contributed by atoms with E-state index in [2.05, 4.69) is 21.8 Å². The number of nitrogens with zero attached hydrogens (tertiary/aromatic N) is 3. The van der Waals surface area contributed by atoms with Gasteiger partial charge in [0.15, 0.2) is 0 Å². The molecule has 2 aromatic rings. The van der Waals surface area contributed by atoms with Gasteiger partial charge in [-0.3, -0.25) is 0 Å². The number of alkyl halides is 6. The Morgan fingerprint density at radius 1 is 1.17 bits per heavy atom. The SMILES string of the molecule is CC#Cc1c(C(F)(F)F)ccc2c1CN(S(=O)(=O)C(F)(F)F)C[C@H](C13CC(C1)C3)N2Cc1cnc[nH]1. The van der Waals surface area contributed by atoms with Crippen LogP contribution in [0.15, 0.2) is 24.7 Å². The molecule has 4 aliphatic rings. The molecule has 0 radical (unpaired) electrons. The van der Waals surface area contributed by atoms with Crippen LogP contribution in [0.4, 0.5) is 32.0 Å². The van der Waals surface area contributed by atoms with Crippen LogP contribution < -0.4 is 4.90 Å². The van der Waals surface area contributed by atoms with Crippen LogP contribution in [0.5, 0.6) is 0 Å². The number of H-pyrrole nitrogens is 1. The van der Waals surface area contributed by atoms with Crippen molar-refractivity contribution in [3.8, 4) is 11.8 Å². The first-order chi connectivity index (χ1) is 16.8. The van der Waals surface area contributed by atoms with Gasteiger partial charge in [0.1, 0.15) is 0 Å². The average Bonchev–Trinajstić information content (AvgIpc) is 3.15. The summed E-state index contributed by atoms with van der Waals surface area (Å²) in [5, 5.41) is 0. The molecule has 6 nitrogen and oxygen atoms in total. The van der Waals surface area contributed by atoms with Crippen molar-refractivity contribution in [1.82, 2.24) is 14.3 Å². The zero-order chi connectivity index (χ0) is 26.1. The maximum Gasteiger partial charge on any atom is 0.511 e. The monoisotopic (exact) mass is 532 g/mol. The number of rotatable bonds is 4. The van der Waals surface area contributed by atoms with Crippen molar-refractivity contribution in [3.63, 3.8) is 0 Å². The Labute approximate surface area is 203 Å². The van der Waals surface area contributed by atoms with Gasteiger partial charge in [-0.25, -0.2) is 13.4 Å². The standard InChI is InChI=1S/C23H22F6N4O2S/c1-2-3-16-17-11-32(36(34,35)23(27,28)29)12-20(21-6-14(7-21)8-21)33(10-15-9-30-13-31-15)19(17)5-4-18(16)22(24,25)26/h4-5,9,13-14,20H,6-8,10-12H2,1H3,(H,30,31)/t14?,20-,21?/m1/s1. The average molecular weight is 533 g/mol. The van der Waals surface area contributed by atoms with E-state index in [1.165, 1.54) is 25.5 Å². The fourth-order valence-corrected chi connectivity index (χ4v) is 6.76. The highest BCUT2D eigenvalue weighted by Crippen LogP contribution is 2.67. The number of aromatic amines is 1. The summed E-state index contributed by atoms with van der Waals surface area (Å²) < 4.78 is 108. The maximum atomic E-state index is 13.9. The van der Waals surface area contributed by atoms with Gasteiger partial charge in [-0.2, -0.15) is 30.6 Å². The minimum atomic E-state index is -5.83. The van der Waals surface area contributed by atoms with E-state index in [-0.39, 0.29) is 22.1 Å². The van der Waals surface area contributed by atoms with Gasteiger partial charge in [-0.1, -0.05) is 5.92 Å². The van der Waals surface area contributed by atoms with E-state index >= 15 is 0 Å². The Hall–Kier alpha value is -2.72. The number of hydrogen-bond acceptors (Lipinski definition) is 4. The molecule has 36 heavy (non-hydrogen) atoms. The highest BCUT2D eigenvalue weighted by Gasteiger charge is 2.63. The van der Waals surface area contributed by atoms with Gasteiger partial charge in [0.25, 0.3) is 0 Å². The number of anilines is 1. The Bertz CT molecular complexity index is 1320. The molecule has 1 aromatic heterocycles. The Morgan fingerprint density at radius 3 is 2.36 bits per heavy atom. The minimum absolute atomic E-state index is 0.106. The zero-order valence-corrected chi connectivity index (χ0v) is 19.9. The van der Waals surface area contributed by atoms with Gasteiger partial charge < -0.3 is 9.88 Å². The molecule has 1 aromatic carbocycles. The van der Waals surface area contributed by atoms with Crippen molar-refractivity contribution in [2.75, 3.05) is 11.4 Å². The summed E-state index contributed by atoms with van der Waals surface area (Å²) in [4.78, 5) is 8.64. The van der Waals surface area contributed by atoms with Gasteiger partial charge in [-0.15, -0.1) is 5.92 Å². The van der Waals surface area contributed by atoms with E-state index < -0.39 is 57.4 Å². The summed E-state index contributed by atoms with van der Waals surface area (Å²) in [6, 6.07) is 1.41. The number of imidazole rings is 1. The van der Waals surface area contributed by atoms with Crippen molar-refractivity contribution < 1.29 is 34.8 Å². The zero-order valence-electron chi connectivity index (χ0n) is 19.0. The second kappa shape index (κ2) is 8.14. The van der Waals surface area contributed by atoms with E-state index in [0.29, 0.717) is 11.6 Å². The molecule has 0 saturated heterocycles. The Balaban J connectivity index is 1.75. The lowest BCUT2D eigenvalue weighted by Crippen LogP contribution is -2.66. The molecule has 0 spiro atoms. The van der Waals surface area contributed by atoms with Crippen LogP contribution in [0.3, 0.4) is 0 Å². The fourth-order valence-electron chi connectivity index (χ4n) is 5.83. The van der Waals surface area contributed by atoms with E-state index in [4.69, 9.17) is 0 Å². The molecule has 6 rings (SSSR count). The van der Waals surface area contributed by atoms with Crippen molar-refractivity contribution >= 4 is 15.7 Å². The topological polar surface area (TPSA) is 69.3 Å². The third kappa shape index (κ3) is 3.85. The van der Waals surface area contributed by atoms with Crippen LogP contribution in [0.2, 0.25) is 0 Å². The lowest BCUT2D eigenvalue weighted by Gasteiger charge is -2.67. The molecule has 3 aliphatic carbocycles. The highest BCUT2D eigenvalue weighted by molar-refractivity contribution is 7.89. The molecular weight excluding hydrogens is 510 g/mol. The van der Waals surface area contributed by atoms with Gasteiger partial charge in [0.2, 0.25) is 0 Å². The normalized spacial score (nSPS) is 26.2. The minimum Gasteiger partial charge on any atom is -0.360 e. The molecule has 0 amide bonds. The second-order valence-corrected chi connectivity index (χ2v) is 11.6. The van der Waals surface area contributed by atoms with Crippen molar-refractivity contribution in [2.45, 2.75) is 57.0 Å². The number of nitrogens with one attached hydrogen (secondary N) is 1. The van der Waals surface area contributed by atoms with Gasteiger partial charge in [0, 0.05) is 42.1 Å². The molecule has 2 bridgehead atoms. The molecule has 1 atom stereocenters. The lowest BCUT2D eigenvalue weighted by atomic mass is 9.41. The van der Waals surface area contributed by atoms with E-state index in [9.17, 15) is 34.8 Å². The molecule has 1 aliphatic heterocycles. The van der Waals surface area contributed by atoms with Crippen LogP contribution in [0.25, 0.3) is 0 Å². The molecule has 1 N–H and O–H groups in total. The highest BCUT2D eigenvalue weighted by atomic mass is 32.2. The van der Waals surface area contributed by atoms with Crippen molar-refractivity contribution in [2.24, 2.45) is 11.3 Å². The first-order valence-electron chi connectivity index (χ1n) is 11.2. The lowest BCUT2D eigenvalue weighted by molar-refractivity contribution is -0.137. The van der Waals surface area contributed by atoms with Crippen LogP contribution in [0, 0.1) is 23.2 Å². The van der Waals surface area contributed by atoms with Gasteiger partial charge in [0.05, 0.1) is 24.1 Å². The molecule has 3 saturated carbocycles. The maximum absolute atomic E-state index is 13.9. The smallest absolute Gasteiger partial charge is 0.360 e. The summed E-state index contributed by atoms with van der Waals surface area (Å²) in [5.41, 5.74) is -7.01. The first kappa shape index (κ1) is 25.0. The third-order valence-electron chi connectivity index (χ3n) is 7.56. The summed E-state index contributed by atoms with van der Waals surface area (Å²) in [7, 11) is -5.83. The Kier molecular flexibility index (Phi) is 5.64. The number of fused-ring (bicyclic) bond motifs is 1. The van der Waals surface area contributed by atoms with E-state index in [1.807, 2.05) is 0 Å². The van der Waals surface area contributed by atoms with Crippen molar-refractivity contribution in [1.29, 1.82) is 0 Å². The molecule has 0 unspecified atom stereocenters. The molecule has 13 heteroatoms. The van der Waals surface area contributed by atoms with E-state index in [1.54, 1.807) is 4.90 Å². The summed E-state index contributed by atoms with van der Waals surface area (Å²) in [5.74, 6) is 5.24. The van der Waals surface area contributed by atoms with Gasteiger partial charge >= 0.3 is 21.7 Å². The molecular formula is C23H22F6N4O2S. The summed E-state index contributed by atoms with van der Waals surface area (Å²) in [6.45, 7) is 0.0418. The summed E-state index contributed by atoms with van der Waals surface area (Å²) >= 11 is 0. The van der Waals surface area contributed by atoms with Crippen LogP contribution >= 0.6 is 0 Å².